The molecule has 0 radical (unpaired) electrons. The maximum atomic E-state index is 13.3. The van der Waals surface area contributed by atoms with Crippen molar-refractivity contribution in [1.82, 2.24) is 9.55 Å². The first-order valence-corrected chi connectivity index (χ1v) is 7.48. The highest BCUT2D eigenvalue weighted by Gasteiger charge is 2.14. The average Bonchev–Trinajstić information content (AvgIpc) is 2.85. The minimum absolute atomic E-state index is 0.274. The highest BCUT2D eigenvalue weighted by molar-refractivity contribution is 6.16. The summed E-state index contributed by atoms with van der Waals surface area (Å²) in [6.45, 7) is 2.94. The van der Waals surface area contributed by atoms with Gasteiger partial charge in [-0.05, 0) is 23.6 Å². The van der Waals surface area contributed by atoms with Gasteiger partial charge in [-0.15, -0.1) is 11.6 Å². The zero-order valence-electron chi connectivity index (χ0n) is 11.8. The van der Waals surface area contributed by atoms with Crippen molar-refractivity contribution in [3.63, 3.8) is 0 Å². The van der Waals surface area contributed by atoms with Gasteiger partial charge < -0.3 is 4.57 Å². The van der Waals surface area contributed by atoms with Crippen molar-refractivity contribution in [2.45, 2.75) is 25.3 Å². The number of imidazole rings is 1. The van der Waals surface area contributed by atoms with Crippen LogP contribution in [0, 0.1) is 5.82 Å². The molecule has 4 heteroatoms. The molecule has 0 bridgehead atoms. The molecule has 0 fully saturated rings. The summed E-state index contributed by atoms with van der Waals surface area (Å²) >= 11 is 6.00. The van der Waals surface area contributed by atoms with Crippen LogP contribution in [-0.4, -0.2) is 9.55 Å². The molecule has 3 aromatic rings. The van der Waals surface area contributed by atoms with Crippen molar-refractivity contribution >= 4 is 22.6 Å². The van der Waals surface area contributed by atoms with Crippen molar-refractivity contribution in [2.24, 2.45) is 0 Å². The van der Waals surface area contributed by atoms with Gasteiger partial charge in [0.05, 0.1) is 16.9 Å². The molecule has 3 rings (SSSR count). The van der Waals surface area contributed by atoms with E-state index in [4.69, 9.17) is 11.6 Å². The number of nitrogens with zero attached hydrogens (tertiary/aromatic N) is 2. The van der Waals surface area contributed by atoms with Crippen LogP contribution in [0.15, 0.2) is 48.5 Å². The van der Waals surface area contributed by atoms with Gasteiger partial charge in [0.2, 0.25) is 0 Å². The maximum Gasteiger partial charge on any atom is 0.125 e. The van der Waals surface area contributed by atoms with Gasteiger partial charge in [-0.25, -0.2) is 9.37 Å². The third-order valence-corrected chi connectivity index (χ3v) is 3.97. The standard InChI is InChI=1S/C17H16ClFN2/c1-12(13-5-3-2-4-6-13)11-21-16-8-7-14(19)9-15(16)20-17(21)10-18/h2-9,12H,10-11H2,1H3. The first-order valence-electron chi connectivity index (χ1n) is 6.94. The number of halogens is 2. The smallest absolute Gasteiger partial charge is 0.125 e. The van der Waals surface area contributed by atoms with Gasteiger partial charge in [-0.3, -0.25) is 0 Å². The third-order valence-electron chi connectivity index (χ3n) is 3.73. The number of hydrogen-bond donors (Lipinski definition) is 0. The first-order chi connectivity index (χ1) is 10.2. The van der Waals surface area contributed by atoms with Crippen LogP contribution in [-0.2, 0) is 12.4 Å². The third kappa shape index (κ3) is 2.79. The Bertz CT molecular complexity index is 752. The van der Waals surface area contributed by atoms with Gasteiger partial charge in [0.15, 0.2) is 0 Å². The zero-order valence-corrected chi connectivity index (χ0v) is 12.5. The Labute approximate surface area is 128 Å². The lowest BCUT2D eigenvalue weighted by atomic mass is 10.0. The topological polar surface area (TPSA) is 17.8 Å². The summed E-state index contributed by atoms with van der Waals surface area (Å²) < 4.78 is 15.4. The Morgan fingerprint density at radius 2 is 1.95 bits per heavy atom. The van der Waals surface area contributed by atoms with E-state index in [-0.39, 0.29) is 5.82 Å². The summed E-state index contributed by atoms with van der Waals surface area (Å²) in [5.74, 6) is 1.15. The number of benzene rings is 2. The SMILES string of the molecule is CC(Cn1c(CCl)nc2cc(F)ccc21)c1ccccc1. The molecule has 2 aromatic carbocycles. The lowest BCUT2D eigenvalue weighted by Crippen LogP contribution is -2.09. The number of fused-ring (bicyclic) bond motifs is 1. The fourth-order valence-corrected chi connectivity index (χ4v) is 2.82. The summed E-state index contributed by atoms with van der Waals surface area (Å²) in [6, 6.07) is 15.0. The first kappa shape index (κ1) is 14.1. The lowest BCUT2D eigenvalue weighted by Gasteiger charge is -2.15. The molecule has 0 N–H and O–H groups in total. The molecule has 0 aliphatic carbocycles. The molecule has 1 aromatic heterocycles. The molecule has 0 aliphatic heterocycles. The summed E-state index contributed by atoms with van der Waals surface area (Å²) in [4.78, 5) is 4.43. The Kier molecular flexibility index (Phi) is 3.93. The summed E-state index contributed by atoms with van der Waals surface area (Å²) in [7, 11) is 0. The van der Waals surface area contributed by atoms with E-state index in [0.717, 1.165) is 17.9 Å². The predicted molar refractivity (Wildman–Crippen MR) is 84.1 cm³/mol. The summed E-state index contributed by atoms with van der Waals surface area (Å²) in [6.07, 6.45) is 0. The predicted octanol–water partition coefficient (Wildman–Crippen LogP) is 4.72. The molecule has 0 spiro atoms. The summed E-state index contributed by atoms with van der Waals surface area (Å²) in [5.41, 5.74) is 2.85. The van der Waals surface area contributed by atoms with Crippen LogP contribution < -0.4 is 0 Å². The van der Waals surface area contributed by atoms with Crippen LogP contribution in [0.25, 0.3) is 11.0 Å². The van der Waals surface area contributed by atoms with Gasteiger partial charge in [0.1, 0.15) is 11.6 Å². The normalized spacial score (nSPS) is 12.7. The van der Waals surface area contributed by atoms with E-state index in [2.05, 4.69) is 28.6 Å². The molecule has 0 amide bonds. The molecular weight excluding hydrogens is 287 g/mol. The molecule has 2 nitrogen and oxygen atoms in total. The molecule has 0 aliphatic rings. The zero-order chi connectivity index (χ0) is 14.8. The number of alkyl halides is 1. The molecule has 1 unspecified atom stereocenters. The van der Waals surface area contributed by atoms with Crippen molar-refractivity contribution < 1.29 is 4.39 Å². The van der Waals surface area contributed by atoms with Crippen LogP contribution in [0.5, 0.6) is 0 Å². The molecule has 108 valence electrons. The Morgan fingerprint density at radius 3 is 2.67 bits per heavy atom. The monoisotopic (exact) mass is 302 g/mol. The second kappa shape index (κ2) is 5.86. The summed E-state index contributed by atoms with van der Waals surface area (Å²) in [5, 5.41) is 0. The fraction of sp³-hybridized carbons (Fsp3) is 0.235. The van der Waals surface area contributed by atoms with Crippen molar-refractivity contribution in [1.29, 1.82) is 0 Å². The quantitative estimate of drug-likeness (QED) is 0.638. The second-order valence-electron chi connectivity index (χ2n) is 5.22. The maximum absolute atomic E-state index is 13.3. The van der Waals surface area contributed by atoms with Crippen LogP contribution in [0.1, 0.15) is 24.2 Å². The van der Waals surface area contributed by atoms with Crippen LogP contribution in [0.3, 0.4) is 0 Å². The van der Waals surface area contributed by atoms with Crippen molar-refractivity contribution in [3.05, 3.63) is 65.7 Å². The Morgan fingerprint density at radius 1 is 1.19 bits per heavy atom. The van der Waals surface area contributed by atoms with E-state index in [9.17, 15) is 4.39 Å². The van der Waals surface area contributed by atoms with E-state index in [1.165, 1.54) is 17.7 Å². The highest BCUT2D eigenvalue weighted by atomic mass is 35.5. The van der Waals surface area contributed by atoms with E-state index in [1.807, 2.05) is 18.2 Å². The Balaban J connectivity index is 1.99. The van der Waals surface area contributed by atoms with Crippen LogP contribution in [0.2, 0.25) is 0 Å². The highest BCUT2D eigenvalue weighted by Crippen LogP contribution is 2.24. The van der Waals surface area contributed by atoms with E-state index < -0.39 is 0 Å². The molecular formula is C17H16ClFN2. The van der Waals surface area contributed by atoms with Crippen molar-refractivity contribution in [2.75, 3.05) is 0 Å². The number of hydrogen-bond acceptors (Lipinski definition) is 1. The lowest BCUT2D eigenvalue weighted by molar-refractivity contribution is 0.594. The molecule has 21 heavy (non-hydrogen) atoms. The number of rotatable bonds is 4. The second-order valence-corrected chi connectivity index (χ2v) is 5.48. The van der Waals surface area contributed by atoms with E-state index in [0.29, 0.717) is 17.3 Å². The number of aromatic nitrogens is 2. The van der Waals surface area contributed by atoms with Gasteiger partial charge in [0.25, 0.3) is 0 Å². The van der Waals surface area contributed by atoms with Crippen molar-refractivity contribution in [3.8, 4) is 0 Å². The molecule has 1 atom stereocenters. The van der Waals surface area contributed by atoms with Gasteiger partial charge in [-0.1, -0.05) is 37.3 Å². The molecule has 0 saturated carbocycles. The van der Waals surface area contributed by atoms with E-state index >= 15 is 0 Å². The minimum Gasteiger partial charge on any atom is -0.326 e. The minimum atomic E-state index is -0.274. The largest absolute Gasteiger partial charge is 0.326 e. The van der Waals surface area contributed by atoms with Gasteiger partial charge >= 0.3 is 0 Å². The molecule has 1 heterocycles. The Hall–Kier alpha value is -1.87. The van der Waals surface area contributed by atoms with Crippen LogP contribution >= 0.6 is 11.6 Å². The van der Waals surface area contributed by atoms with Gasteiger partial charge in [-0.2, -0.15) is 0 Å². The van der Waals surface area contributed by atoms with Gasteiger partial charge in [0, 0.05) is 12.6 Å². The molecule has 0 saturated heterocycles. The van der Waals surface area contributed by atoms with E-state index in [1.54, 1.807) is 6.07 Å². The average molecular weight is 303 g/mol. The fourth-order valence-electron chi connectivity index (χ4n) is 2.62. The van der Waals surface area contributed by atoms with Crippen LogP contribution in [0.4, 0.5) is 4.39 Å².